The Kier molecular flexibility index (Phi) is 4.26. The van der Waals surface area contributed by atoms with Crippen LogP contribution in [0.4, 0.5) is 4.79 Å². The molecule has 2 aliphatic heterocycles. The van der Waals surface area contributed by atoms with E-state index in [1.807, 2.05) is 43.3 Å². The fourth-order valence-corrected chi connectivity index (χ4v) is 3.28. The van der Waals surface area contributed by atoms with Crippen LogP contribution in [0.2, 0.25) is 0 Å². The summed E-state index contributed by atoms with van der Waals surface area (Å²) in [6.07, 6.45) is 1.13. The minimum Gasteiger partial charge on any atom is -0.447 e. The van der Waals surface area contributed by atoms with Crippen LogP contribution in [0.3, 0.4) is 0 Å². The highest BCUT2D eigenvalue weighted by Gasteiger charge is 2.42. The number of carbonyl (C=O) groups is 2. The van der Waals surface area contributed by atoms with E-state index in [-0.39, 0.29) is 17.5 Å². The van der Waals surface area contributed by atoms with E-state index in [9.17, 15) is 9.59 Å². The summed E-state index contributed by atoms with van der Waals surface area (Å²) in [5.74, 6) is 0.0718. The molecule has 1 N–H and O–H groups in total. The number of rotatable bonds is 3. The Labute approximate surface area is 136 Å². The largest absolute Gasteiger partial charge is 0.447 e. The lowest BCUT2D eigenvalue weighted by Crippen LogP contribution is -2.53. The average molecular weight is 317 g/mol. The van der Waals surface area contributed by atoms with Crippen LogP contribution in [0.15, 0.2) is 24.3 Å². The third kappa shape index (κ3) is 3.32. The van der Waals surface area contributed by atoms with Crippen molar-refractivity contribution in [1.29, 1.82) is 0 Å². The Balaban J connectivity index is 1.69. The number of carbonyl (C=O) groups excluding carboxylic acids is 2. The molecule has 2 amide bonds. The van der Waals surface area contributed by atoms with E-state index < -0.39 is 0 Å². The Bertz CT molecular complexity index is 607. The van der Waals surface area contributed by atoms with Gasteiger partial charge in [0.05, 0.1) is 5.54 Å². The number of hydrogen-bond donors (Lipinski definition) is 1. The molecule has 2 heterocycles. The number of amides is 2. The predicted molar refractivity (Wildman–Crippen MR) is 86.2 cm³/mol. The standard InChI is InChI=1S/C17H23N3O3/c1-19(2)11-13-5-3-4-6-14(13)15(21)20-9-7-17(8-10-20)12-23-16(22)18-17/h3-6H,7-12H2,1-2H3,(H,18,22). The second-order valence-corrected chi connectivity index (χ2v) is 6.67. The first-order chi connectivity index (χ1) is 11.0. The summed E-state index contributed by atoms with van der Waals surface area (Å²) in [7, 11) is 3.99. The van der Waals surface area contributed by atoms with E-state index in [0.29, 0.717) is 19.7 Å². The van der Waals surface area contributed by atoms with Gasteiger partial charge in [-0.2, -0.15) is 0 Å². The highest BCUT2D eigenvalue weighted by Crippen LogP contribution is 2.27. The Morgan fingerprint density at radius 3 is 2.61 bits per heavy atom. The molecule has 0 aromatic heterocycles. The van der Waals surface area contributed by atoms with Crippen molar-refractivity contribution in [3.8, 4) is 0 Å². The minimum atomic E-state index is -0.346. The number of ether oxygens (including phenoxy) is 1. The number of piperidine rings is 1. The van der Waals surface area contributed by atoms with E-state index in [4.69, 9.17) is 4.74 Å². The smallest absolute Gasteiger partial charge is 0.407 e. The van der Waals surface area contributed by atoms with Crippen molar-refractivity contribution in [2.45, 2.75) is 24.9 Å². The first-order valence-electron chi connectivity index (χ1n) is 7.96. The van der Waals surface area contributed by atoms with E-state index >= 15 is 0 Å². The van der Waals surface area contributed by atoms with Crippen LogP contribution in [-0.2, 0) is 11.3 Å². The van der Waals surface area contributed by atoms with Gasteiger partial charge in [0.1, 0.15) is 6.61 Å². The molecule has 1 aromatic carbocycles. The SMILES string of the molecule is CN(C)Cc1ccccc1C(=O)N1CCC2(CC1)COC(=O)N2. The van der Waals surface area contributed by atoms with Gasteiger partial charge in [-0.3, -0.25) is 4.79 Å². The lowest BCUT2D eigenvalue weighted by atomic mass is 9.88. The van der Waals surface area contributed by atoms with Gasteiger partial charge in [-0.1, -0.05) is 18.2 Å². The van der Waals surface area contributed by atoms with Crippen LogP contribution in [0.25, 0.3) is 0 Å². The van der Waals surface area contributed by atoms with Gasteiger partial charge < -0.3 is 19.9 Å². The molecule has 0 atom stereocenters. The van der Waals surface area contributed by atoms with Crippen molar-refractivity contribution in [3.63, 3.8) is 0 Å². The summed E-state index contributed by atoms with van der Waals surface area (Å²) in [5, 5.41) is 2.90. The van der Waals surface area contributed by atoms with Crippen molar-refractivity contribution in [3.05, 3.63) is 35.4 Å². The Morgan fingerprint density at radius 1 is 1.30 bits per heavy atom. The van der Waals surface area contributed by atoms with Gasteiger partial charge in [0.25, 0.3) is 5.91 Å². The molecule has 0 radical (unpaired) electrons. The lowest BCUT2D eigenvalue weighted by Gasteiger charge is -2.37. The van der Waals surface area contributed by atoms with Gasteiger partial charge >= 0.3 is 6.09 Å². The van der Waals surface area contributed by atoms with Crippen molar-refractivity contribution in [2.24, 2.45) is 0 Å². The van der Waals surface area contributed by atoms with Gasteiger partial charge in [0.2, 0.25) is 0 Å². The van der Waals surface area contributed by atoms with Crippen molar-refractivity contribution in [1.82, 2.24) is 15.1 Å². The topological polar surface area (TPSA) is 61.9 Å². The number of cyclic esters (lactones) is 1. The van der Waals surface area contributed by atoms with Crippen molar-refractivity contribution in [2.75, 3.05) is 33.8 Å². The molecule has 3 rings (SSSR count). The van der Waals surface area contributed by atoms with Crippen LogP contribution in [0.1, 0.15) is 28.8 Å². The molecule has 6 heteroatoms. The fraction of sp³-hybridized carbons (Fsp3) is 0.529. The molecule has 2 saturated heterocycles. The zero-order valence-electron chi connectivity index (χ0n) is 13.7. The van der Waals surface area contributed by atoms with Crippen LogP contribution >= 0.6 is 0 Å². The summed E-state index contributed by atoms with van der Waals surface area (Å²) in [5.41, 5.74) is 1.53. The molecule has 1 spiro atoms. The number of hydrogen-bond acceptors (Lipinski definition) is 4. The minimum absolute atomic E-state index is 0.0718. The van der Waals surface area contributed by atoms with Gasteiger partial charge in [-0.25, -0.2) is 4.79 Å². The van der Waals surface area contributed by atoms with Crippen LogP contribution < -0.4 is 5.32 Å². The Hall–Kier alpha value is -2.08. The maximum Gasteiger partial charge on any atom is 0.407 e. The van der Waals surface area contributed by atoms with E-state index in [0.717, 1.165) is 30.5 Å². The normalized spacial score (nSPS) is 19.8. The molecule has 0 unspecified atom stereocenters. The summed E-state index contributed by atoms with van der Waals surface area (Å²) in [6.45, 7) is 2.42. The van der Waals surface area contributed by atoms with Gasteiger partial charge in [0, 0.05) is 25.2 Å². The number of benzene rings is 1. The molecule has 23 heavy (non-hydrogen) atoms. The highest BCUT2D eigenvalue weighted by molar-refractivity contribution is 5.95. The molecule has 0 aliphatic carbocycles. The molecular weight excluding hydrogens is 294 g/mol. The fourth-order valence-electron chi connectivity index (χ4n) is 3.28. The average Bonchev–Trinajstić information content (AvgIpc) is 2.88. The second-order valence-electron chi connectivity index (χ2n) is 6.67. The van der Waals surface area contributed by atoms with Gasteiger partial charge in [0.15, 0.2) is 0 Å². The van der Waals surface area contributed by atoms with Crippen molar-refractivity contribution >= 4 is 12.0 Å². The third-order valence-corrected chi connectivity index (χ3v) is 4.59. The van der Waals surface area contributed by atoms with E-state index in [1.165, 1.54) is 0 Å². The summed E-state index contributed by atoms with van der Waals surface area (Å²) in [6, 6.07) is 7.77. The zero-order chi connectivity index (χ0) is 16.4. The van der Waals surface area contributed by atoms with Crippen molar-refractivity contribution < 1.29 is 14.3 Å². The quantitative estimate of drug-likeness (QED) is 0.917. The molecule has 124 valence electrons. The van der Waals surface area contributed by atoms with Crippen LogP contribution in [0.5, 0.6) is 0 Å². The Morgan fingerprint density at radius 2 is 2.00 bits per heavy atom. The predicted octanol–water partition coefficient (Wildman–Crippen LogP) is 1.46. The number of nitrogens with zero attached hydrogens (tertiary/aromatic N) is 2. The van der Waals surface area contributed by atoms with Gasteiger partial charge in [-0.05, 0) is 38.6 Å². The third-order valence-electron chi connectivity index (χ3n) is 4.59. The van der Waals surface area contributed by atoms with Crippen LogP contribution in [0, 0.1) is 0 Å². The van der Waals surface area contributed by atoms with Crippen LogP contribution in [-0.4, -0.2) is 61.1 Å². The first-order valence-corrected chi connectivity index (χ1v) is 7.96. The van der Waals surface area contributed by atoms with Gasteiger partial charge in [-0.15, -0.1) is 0 Å². The first kappa shape index (κ1) is 15.8. The molecule has 0 saturated carbocycles. The second kappa shape index (κ2) is 6.20. The summed E-state index contributed by atoms with van der Waals surface area (Å²) < 4.78 is 5.03. The maximum absolute atomic E-state index is 12.9. The number of likely N-dealkylation sites (tertiary alicyclic amines) is 1. The number of nitrogens with one attached hydrogen (secondary N) is 1. The molecule has 1 aromatic rings. The zero-order valence-corrected chi connectivity index (χ0v) is 13.7. The van der Waals surface area contributed by atoms with E-state index in [1.54, 1.807) is 0 Å². The lowest BCUT2D eigenvalue weighted by molar-refractivity contribution is 0.0641. The molecule has 2 aliphatic rings. The molecular formula is C17H23N3O3. The monoisotopic (exact) mass is 317 g/mol. The molecule has 6 nitrogen and oxygen atoms in total. The van der Waals surface area contributed by atoms with E-state index in [2.05, 4.69) is 10.2 Å². The molecule has 0 bridgehead atoms. The summed E-state index contributed by atoms with van der Waals surface area (Å²) in [4.78, 5) is 28.1. The highest BCUT2D eigenvalue weighted by atomic mass is 16.6. The summed E-state index contributed by atoms with van der Waals surface area (Å²) >= 11 is 0. The maximum atomic E-state index is 12.9. The number of alkyl carbamates (subject to hydrolysis) is 1. The molecule has 2 fully saturated rings.